The fourth-order valence-electron chi connectivity index (χ4n) is 1.57. The second-order valence-corrected chi connectivity index (χ2v) is 5.18. The Kier molecular flexibility index (Phi) is 6.11. The highest BCUT2D eigenvalue weighted by atomic mass is 32.1. The van der Waals surface area contributed by atoms with E-state index in [1.54, 1.807) is 6.07 Å². The van der Waals surface area contributed by atoms with E-state index in [4.69, 9.17) is 22.7 Å². The molecule has 0 saturated heterocycles. The van der Waals surface area contributed by atoms with Crippen molar-refractivity contribution in [2.75, 3.05) is 18.5 Å². The molecule has 1 unspecified atom stereocenters. The lowest BCUT2D eigenvalue weighted by Gasteiger charge is -2.22. The number of nitrogens with one attached hydrogen (secondary N) is 1. The second-order valence-electron chi connectivity index (χ2n) is 4.74. The standard InChI is InChI=1S/C13H22N4OS/c1-5-18-7-11(8(2)3)17-13-15-9(4)6-10(16-13)12(14)19/h6,8,11H,5,7H2,1-4H3,(H2,14,19)(H,15,16,17). The molecule has 3 N–H and O–H groups in total. The van der Waals surface area contributed by atoms with E-state index >= 15 is 0 Å². The van der Waals surface area contributed by atoms with Crippen molar-refractivity contribution in [2.24, 2.45) is 11.7 Å². The molecule has 1 atom stereocenters. The molecule has 0 amide bonds. The van der Waals surface area contributed by atoms with Crippen molar-refractivity contribution in [3.05, 3.63) is 17.5 Å². The van der Waals surface area contributed by atoms with Gasteiger partial charge in [-0.15, -0.1) is 0 Å². The van der Waals surface area contributed by atoms with Crippen LogP contribution in [0.4, 0.5) is 5.95 Å². The molecular weight excluding hydrogens is 260 g/mol. The molecule has 1 heterocycles. The summed E-state index contributed by atoms with van der Waals surface area (Å²) >= 11 is 4.95. The Labute approximate surface area is 120 Å². The summed E-state index contributed by atoms with van der Waals surface area (Å²) in [4.78, 5) is 8.95. The fourth-order valence-corrected chi connectivity index (χ4v) is 1.68. The summed E-state index contributed by atoms with van der Waals surface area (Å²) in [7, 11) is 0. The van der Waals surface area contributed by atoms with E-state index in [9.17, 15) is 0 Å². The average molecular weight is 282 g/mol. The van der Waals surface area contributed by atoms with Gasteiger partial charge in [-0.25, -0.2) is 9.97 Å². The molecule has 1 rings (SSSR count). The predicted molar refractivity (Wildman–Crippen MR) is 81.4 cm³/mol. The number of hydrogen-bond donors (Lipinski definition) is 2. The molecule has 1 aromatic rings. The van der Waals surface area contributed by atoms with E-state index in [0.717, 1.165) is 5.69 Å². The number of nitrogens with zero attached hydrogens (tertiary/aromatic N) is 2. The van der Waals surface area contributed by atoms with Crippen LogP contribution in [0.2, 0.25) is 0 Å². The molecule has 0 aliphatic carbocycles. The lowest BCUT2D eigenvalue weighted by molar-refractivity contribution is 0.126. The van der Waals surface area contributed by atoms with Crippen molar-refractivity contribution in [3.63, 3.8) is 0 Å². The molecule has 0 fully saturated rings. The lowest BCUT2D eigenvalue weighted by Crippen LogP contribution is -2.32. The van der Waals surface area contributed by atoms with Crippen molar-refractivity contribution < 1.29 is 4.74 Å². The quantitative estimate of drug-likeness (QED) is 0.744. The molecule has 19 heavy (non-hydrogen) atoms. The Hall–Kier alpha value is -1.27. The molecular formula is C13H22N4OS. The molecule has 0 radical (unpaired) electrons. The van der Waals surface area contributed by atoms with E-state index < -0.39 is 0 Å². The minimum Gasteiger partial charge on any atom is -0.388 e. The van der Waals surface area contributed by atoms with Gasteiger partial charge in [0.1, 0.15) is 10.7 Å². The molecule has 0 saturated carbocycles. The number of aromatic nitrogens is 2. The van der Waals surface area contributed by atoms with Gasteiger partial charge in [0.25, 0.3) is 0 Å². The van der Waals surface area contributed by atoms with Crippen molar-refractivity contribution in [1.82, 2.24) is 9.97 Å². The molecule has 0 bridgehead atoms. The highest BCUT2D eigenvalue weighted by Crippen LogP contribution is 2.11. The van der Waals surface area contributed by atoms with Gasteiger partial charge in [-0.2, -0.15) is 0 Å². The van der Waals surface area contributed by atoms with Crippen LogP contribution in [-0.2, 0) is 4.74 Å². The maximum atomic E-state index is 5.61. The van der Waals surface area contributed by atoms with Crippen LogP contribution in [0.25, 0.3) is 0 Å². The van der Waals surface area contributed by atoms with E-state index in [1.165, 1.54) is 0 Å². The average Bonchev–Trinajstić information content (AvgIpc) is 2.33. The molecule has 5 nitrogen and oxygen atoms in total. The van der Waals surface area contributed by atoms with Crippen LogP contribution in [0.1, 0.15) is 32.2 Å². The first kappa shape index (κ1) is 15.8. The van der Waals surface area contributed by atoms with Crippen LogP contribution in [0.15, 0.2) is 6.07 Å². The van der Waals surface area contributed by atoms with Gasteiger partial charge < -0.3 is 15.8 Å². The summed E-state index contributed by atoms with van der Waals surface area (Å²) in [5, 5.41) is 3.29. The SMILES string of the molecule is CCOCC(Nc1nc(C)cc(C(N)=S)n1)C(C)C. The topological polar surface area (TPSA) is 73.1 Å². The third kappa shape index (κ3) is 5.08. The lowest BCUT2D eigenvalue weighted by atomic mass is 10.1. The largest absolute Gasteiger partial charge is 0.388 e. The second kappa shape index (κ2) is 7.35. The van der Waals surface area contributed by atoms with Crippen LogP contribution in [0.5, 0.6) is 0 Å². The summed E-state index contributed by atoms with van der Waals surface area (Å²) in [5.74, 6) is 0.949. The van der Waals surface area contributed by atoms with Crippen LogP contribution in [0.3, 0.4) is 0 Å². The number of rotatable bonds is 7. The van der Waals surface area contributed by atoms with Gasteiger partial charge in [-0.3, -0.25) is 0 Å². The first-order valence-corrected chi connectivity index (χ1v) is 6.84. The molecule has 0 aliphatic heterocycles. The Bertz CT molecular complexity index is 437. The number of aryl methyl sites for hydroxylation is 1. The summed E-state index contributed by atoms with van der Waals surface area (Å²) in [6.45, 7) is 9.43. The number of hydrogen-bond acceptors (Lipinski definition) is 5. The number of ether oxygens (including phenoxy) is 1. The Balaban J connectivity index is 2.86. The summed E-state index contributed by atoms with van der Waals surface area (Å²) in [5.41, 5.74) is 7.03. The number of anilines is 1. The summed E-state index contributed by atoms with van der Waals surface area (Å²) in [6.07, 6.45) is 0. The Morgan fingerprint density at radius 2 is 2.16 bits per heavy atom. The monoisotopic (exact) mass is 282 g/mol. The molecule has 106 valence electrons. The smallest absolute Gasteiger partial charge is 0.223 e. The zero-order chi connectivity index (χ0) is 14.4. The molecule has 6 heteroatoms. The first-order chi connectivity index (χ1) is 8.93. The first-order valence-electron chi connectivity index (χ1n) is 6.43. The highest BCUT2D eigenvalue weighted by Gasteiger charge is 2.15. The maximum absolute atomic E-state index is 5.61. The molecule has 0 aliphatic rings. The number of thiocarbonyl (C=S) groups is 1. The van der Waals surface area contributed by atoms with Gasteiger partial charge in [0, 0.05) is 12.3 Å². The van der Waals surface area contributed by atoms with Crippen LogP contribution >= 0.6 is 12.2 Å². The molecule has 1 aromatic heterocycles. The minimum atomic E-state index is 0.154. The number of nitrogens with two attached hydrogens (primary N) is 1. The van der Waals surface area contributed by atoms with Crippen LogP contribution in [0, 0.1) is 12.8 Å². The third-order valence-corrected chi connectivity index (χ3v) is 2.94. The zero-order valence-electron chi connectivity index (χ0n) is 11.9. The highest BCUT2D eigenvalue weighted by molar-refractivity contribution is 7.80. The maximum Gasteiger partial charge on any atom is 0.223 e. The van der Waals surface area contributed by atoms with E-state index in [-0.39, 0.29) is 11.0 Å². The van der Waals surface area contributed by atoms with Gasteiger partial charge >= 0.3 is 0 Å². The van der Waals surface area contributed by atoms with Gasteiger partial charge in [-0.05, 0) is 25.8 Å². The van der Waals surface area contributed by atoms with Crippen molar-refractivity contribution in [1.29, 1.82) is 0 Å². The summed E-state index contributed by atoms with van der Waals surface area (Å²) in [6, 6.07) is 1.93. The summed E-state index contributed by atoms with van der Waals surface area (Å²) < 4.78 is 5.47. The fraction of sp³-hybridized carbons (Fsp3) is 0.615. The minimum absolute atomic E-state index is 0.154. The predicted octanol–water partition coefficient (Wildman–Crippen LogP) is 1.89. The van der Waals surface area contributed by atoms with Gasteiger partial charge in [-0.1, -0.05) is 26.1 Å². The Morgan fingerprint density at radius 3 is 2.68 bits per heavy atom. The molecule has 0 aromatic carbocycles. The van der Waals surface area contributed by atoms with Crippen molar-refractivity contribution in [2.45, 2.75) is 33.7 Å². The molecule has 0 spiro atoms. The normalized spacial score (nSPS) is 12.5. The van der Waals surface area contributed by atoms with E-state index in [0.29, 0.717) is 30.8 Å². The Morgan fingerprint density at radius 1 is 1.47 bits per heavy atom. The van der Waals surface area contributed by atoms with Gasteiger partial charge in [0.2, 0.25) is 5.95 Å². The van der Waals surface area contributed by atoms with Crippen LogP contribution in [-0.4, -0.2) is 34.2 Å². The third-order valence-electron chi connectivity index (χ3n) is 2.73. The van der Waals surface area contributed by atoms with Crippen molar-refractivity contribution >= 4 is 23.2 Å². The van der Waals surface area contributed by atoms with Gasteiger partial charge in [0.15, 0.2) is 0 Å². The van der Waals surface area contributed by atoms with E-state index in [1.807, 2.05) is 13.8 Å². The zero-order valence-corrected chi connectivity index (χ0v) is 12.8. The van der Waals surface area contributed by atoms with Crippen molar-refractivity contribution in [3.8, 4) is 0 Å². The van der Waals surface area contributed by atoms with Gasteiger partial charge in [0.05, 0.1) is 12.6 Å². The van der Waals surface area contributed by atoms with Crippen LogP contribution < -0.4 is 11.1 Å². The van der Waals surface area contributed by atoms with E-state index in [2.05, 4.69) is 29.1 Å².